The second-order valence-corrected chi connectivity index (χ2v) is 13.2. The number of fused-ring (bicyclic) bond motifs is 2. The molecule has 9 nitrogen and oxygen atoms in total. The van der Waals surface area contributed by atoms with Gasteiger partial charge in [-0.3, -0.25) is 14.5 Å². The van der Waals surface area contributed by atoms with Gasteiger partial charge >= 0.3 is 0 Å². The first-order chi connectivity index (χ1) is 20.3. The van der Waals surface area contributed by atoms with Crippen LogP contribution in [0.5, 0.6) is 0 Å². The van der Waals surface area contributed by atoms with Gasteiger partial charge in [0.05, 0.1) is 33.5 Å². The monoisotopic (exact) mass is 609 g/mol. The van der Waals surface area contributed by atoms with E-state index < -0.39 is 0 Å². The van der Waals surface area contributed by atoms with Gasteiger partial charge in [-0.15, -0.1) is 0 Å². The molecule has 0 unspecified atom stereocenters. The van der Waals surface area contributed by atoms with Gasteiger partial charge < -0.3 is 20.4 Å². The molecule has 42 heavy (non-hydrogen) atoms. The van der Waals surface area contributed by atoms with Gasteiger partial charge in [0.15, 0.2) is 10.3 Å². The molecule has 12 heteroatoms. The first-order valence-corrected chi connectivity index (χ1v) is 16.2. The van der Waals surface area contributed by atoms with Gasteiger partial charge in [-0.05, 0) is 43.5 Å². The SMILES string of the molecule is Cc1c2nc(NCC(=O)N(C)Cc3ccc(F)cc3)sc2cc2sc(NCC(=O)N3CCN(C4CCCC4)CC3)nc12. The predicted molar refractivity (Wildman–Crippen MR) is 168 cm³/mol. The van der Waals surface area contributed by atoms with Crippen LogP contribution in [0.2, 0.25) is 0 Å². The molecule has 4 aromatic rings. The first kappa shape index (κ1) is 28.8. The molecule has 2 aliphatic rings. The number of piperazine rings is 1. The van der Waals surface area contributed by atoms with Crippen molar-refractivity contribution < 1.29 is 14.0 Å². The largest absolute Gasteiger partial charge is 0.352 e. The lowest BCUT2D eigenvalue weighted by Crippen LogP contribution is -2.52. The lowest BCUT2D eigenvalue weighted by Gasteiger charge is -2.38. The molecule has 1 saturated heterocycles. The number of thiazole rings is 2. The van der Waals surface area contributed by atoms with E-state index in [1.165, 1.54) is 60.5 Å². The van der Waals surface area contributed by atoms with Crippen molar-refractivity contribution in [1.82, 2.24) is 24.7 Å². The summed E-state index contributed by atoms with van der Waals surface area (Å²) in [5, 5.41) is 7.82. The van der Waals surface area contributed by atoms with E-state index >= 15 is 0 Å². The molecule has 0 radical (unpaired) electrons. The van der Waals surface area contributed by atoms with E-state index in [0.29, 0.717) is 17.7 Å². The molecule has 1 aliphatic heterocycles. The molecule has 1 aliphatic carbocycles. The highest BCUT2D eigenvalue weighted by molar-refractivity contribution is 7.24. The number of amides is 2. The van der Waals surface area contributed by atoms with Gasteiger partial charge in [-0.1, -0.05) is 47.6 Å². The summed E-state index contributed by atoms with van der Waals surface area (Å²) in [5.41, 5.74) is 3.58. The Morgan fingerprint density at radius 1 is 0.952 bits per heavy atom. The average molecular weight is 610 g/mol. The summed E-state index contributed by atoms with van der Waals surface area (Å²) < 4.78 is 15.2. The van der Waals surface area contributed by atoms with E-state index in [-0.39, 0.29) is 30.7 Å². The highest BCUT2D eigenvalue weighted by Crippen LogP contribution is 2.37. The number of hydrogen-bond acceptors (Lipinski definition) is 9. The number of nitrogens with zero attached hydrogens (tertiary/aromatic N) is 5. The Morgan fingerprint density at radius 3 is 2.17 bits per heavy atom. The van der Waals surface area contributed by atoms with Gasteiger partial charge in [0.1, 0.15) is 5.82 Å². The predicted octanol–water partition coefficient (Wildman–Crippen LogP) is 4.92. The maximum absolute atomic E-state index is 13.2. The summed E-state index contributed by atoms with van der Waals surface area (Å²) in [5.74, 6) is -0.260. The number of nitrogens with one attached hydrogen (secondary N) is 2. The number of aryl methyl sites for hydroxylation is 1. The van der Waals surface area contributed by atoms with Crippen LogP contribution in [-0.4, -0.2) is 88.8 Å². The Bertz CT molecular complexity index is 1570. The number of carbonyl (C=O) groups is 2. The van der Waals surface area contributed by atoms with Crippen LogP contribution in [0, 0.1) is 12.7 Å². The van der Waals surface area contributed by atoms with Crippen molar-refractivity contribution >= 4 is 65.2 Å². The summed E-state index contributed by atoms with van der Waals surface area (Å²) in [6.07, 6.45) is 5.27. The Morgan fingerprint density at radius 2 is 1.55 bits per heavy atom. The minimum absolute atomic E-state index is 0.0843. The molecular weight excluding hydrogens is 574 g/mol. The van der Waals surface area contributed by atoms with Crippen LogP contribution < -0.4 is 10.6 Å². The van der Waals surface area contributed by atoms with Crippen molar-refractivity contribution in [3.05, 3.63) is 47.3 Å². The fourth-order valence-electron chi connectivity index (χ4n) is 5.89. The second kappa shape index (κ2) is 12.5. The maximum Gasteiger partial charge on any atom is 0.242 e. The number of rotatable bonds is 9. The molecule has 2 aromatic carbocycles. The van der Waals surface area contributed by atoms with Gasteiger partial charge in [-0.2, -0.15) is 0 Å². The lowest BCUT2D eigenvalue weighted by molar-refractivity contribution is -0.131. The summed E-state index contributed by atoms with van der Waals surface area (Å²) in [7, 11) is 1.73. The third kappa shape index (κ3) is 6.35. The number of hydrogen-bond donors (Lipinski definition) is 2. The molecule has 2 amide bonds. The molecular formula is C30H36FN7O2S2. The standard InChI is InChI=1S/C30H36FN7O2S2/c1-19-27-23(41-29(34-27)32-16-25(39)36(2)18-20-7-9-21(31)10-8-20)15-24-28(19)35-30(42-24)33-17-26(40)38-13-11-37(12-14-38)22-5-3-4-6-22/h7-10,15,22H,3-6,11-14,16-18H2,1-2H3,(H,32,34)(H,33,35). The van der Waals surface area contributed by atoms with Crippen LogP contribution in [0.1, 0.15) is 36.8 Å². The second-order valence-electron chi connectivity index (χ2n) is 11.2. The first-order valence-electron chi connectivity index (χ1n) is 14.5. The van der Waals surface area contributed by atoms with Crippen molar-refractivity contribution in [3.8, 4) is 0 Å². The quantitative estimate of drug-likeness (QED) is 0.278. The van der Waals surface area contributed by atoms with Gasteiger partial charge in [-0.25, -0.2) is 14.4 Å². The molecule has 2 N–H and O–H groups in total. The van der Waals surface area contributed by atoms with Gasteiger partial charge in [0.2, 0.25) is 11.8 Å². The third-order valence-corrected chi connectivity index (χ3v) is 10.2. The molecule has 0 bridgehead atoms. The number of halogens is 1. The summed E-state index contributed by atoms with van der Waals surface area (Å²) in [6, 6.07) is 8.95. The molecule has 2 fully saturated rings. The van der Waals surface area contributed by atoms with E-state index in [4.69, 9.17) is 9.97 Å². The molecule has 222 valence electrons. The van der Waals surface area contributed by atoms with Crippen LogP contribution in [0.25, 0.3) is 20.4 Å². The number of anilines is 2. The Labute approximate surface area is 252 Å². The zero-order valence-corrected chi connectivity index (χ0v) is 25.6. The normalized spacial score (nSPS) is 16.4. The van der Waals surface area contributed by atoms with Crippen LogP contribution in [0.4, 0.5) is 14.7 Å². The number of benzene rings is 2. The number of aromatic nitrogens is 2. The van der Waals surface area contributed by atoms with Gasteiger partial charge in [0, 0.05) is 51.4 Å². The fraction of sp³-hybridized carbons (Fsp3) is 0.467. The number of carbonyl (C=O) groups excluding carboxylic acids is 2. The van der Waals surface area contributed by atoms with Crippen molar-refractivity contribution in [2.75, 3.05) is 56.9 Å². The van der Waals surface area contributed by atoms with E-state index in [1.807, 2.05) is 11.8 Å². The van der Waals surface area contributed by atoms with E-state index in [2.05, 4.69) is 21.6 Å². The highest BCUT2D eigenvalue weighted by Gasteiger charge is 2.28. The zero-order chi connectivity index (χ0) is 29.2. The molecule has 2 aromatic heterocycles. The smallest absolute Gasteiger partial charge is 0.242 e. The summed E-state index contributed by atoms with van der Waals surface area (Å²) in [6.45, 7) is 6.30. The molecule has 6 rings (SSSR count). The van der Waals surface area contributed by atoms with E-state index in [1.54, 1.807) is 24.1 Å². The van der Waals surface area contributed by atoms with Gasteiger partial charge in [0.25, 0.3) is 0 Å². The minimum Gasteiger partial charge on any atom is -0.352 e. The van der Waals surface area contributed by atoms with E-state index in [0.717, 1.165) is 62.9 Å². The Kier molecular flexibility index (Phi) is 8.55. The summed E-state index contributed by atoms with van der Waals surface area (Å²) in [4.78, 5) is 41.2. The van der Waals surface area contributed by atoms with Crippen molar-refractivity contribution in [1.29, 1.82) is 0 Å². The van der Waals surface area contributed by atoms with Crippen LogP contribution in [0.3, 0.4) is 0 Å². The zero-order valence-electron chi connectivity index (χ0n) is 24.0. The topological polar surface area (TPSA) is 93.7 Å². The van der Waals surface area contributed by atoms with Crippen LogP contribution >= 0.6 is 22.7 Å². The Balaban J connectivity index is 1.03. The molecule has 3 heterocycles. The highest BCUT2D eigenvalue weighted by atomic mass is 32.1. The Hall–Kier alpha value is -3.35. The number of likely N-dealkylation sites (N-methyl/N-ethyl adjacent to an activating group) is 1. The van der Waals surface area contributed by atoms with Crippen LogP contribution in [-0.2, 0) is 16.1 Å². The molecule has 0 atom stereocenters. The third-order valence-electron chi connectivity index (χ3n) is 8.33. The summed E-state index contributed by atoms with van der Waals surface area (Å²) >= 11 is 3.04. The minimum atomic E-state index is -0.295. The molecule has 1 saturated carbocycles. The van der Waals surface area contributed by atoms with E-state index in [9.17, 15) is 14.0 Å². The van der Waals surface area contributed by atoms with Crippen molar-refractivity contribution in [2.45, 2.75) is 45.2 Å². The fourth-order valence-corrected chi connectivity index (χ4v) is 7.88. The average Bonchev–Trinajstić information content (AvgIpc) is 3.76. The van der Waals surface area contributed by atoms with Crippen molar-refractivity contribution in [2.24, 2.45) is 0 Å². The molecule has 0 spiro atoms. The van der Waals surface area contributed by atoms with Crippen LogP contribution in [0.15, 0.2) is 30.3 Å². The lowest BCUT2D eigenvalue weighted by atomic mass is 10.2. The maximum atomic E-state index is 13.2. The van der Waals surface area contributed by atoms with Crippen molar-refractivity contribution in [3.63, 3.8) is 0 Å².